The lowest BCUT2D eigenvalue weighted by Gasteiger charge is -2.26. The maximum Gasteiger partial charge on any atom is 0.353 e. The normalized spacial score (nSPS) is 13.0. The SMILES string of the molecule is CC(C)(C)OC(=O)Cc1nc(/C(=N/OC(C)(C)C(=O)OC(C)(C)C)C(N)=O)c(Cl)s1. The summed E-state index contributed by atoms with van der Waals surface area (Å²) in [5.41, 5.74) is 2.06. The number of carbonyl (C=O) groups excluding carboxylic acids is 3. The number of hydrogen-bond donors (Lipinski definition) is 1. The zero-order chi connectivity index (χ0) is 23.5. The minimum absolute atomic E-state index is 0.0484. The number of carbonyl (C=O) groups is 3. The van der Waals surface area contributed by atoms with Gasteiger partial charge in [-0.25, -0.2) is 9.78 Å². The molecule has 0 aliphatic rings. The molecule has 1 aromatic heterocycles. The van der Waals surface area contributed by atoms with Gasteiger partial charge in [0.1, 0.15) is 26.2 Å². The quantitative estimate of drug-likeness (QED) is 0.375. The summed E-state index contributed by atoms with van der Waals surface area (Å²) in [7, 11) is 0. The van der Waals surface area contributed by atoms with E-state index in [9.17, 15) is 14.4 Å². The predicted octanol–water partition coefficient (Wildman–Crippen LogP) is 3.01. The van der Waals surface area contributed by atoms with E-state index in [0.717, 1.165) is 11.3 Å². The topological polar surface area (TPSA) is 130 Å². The van der Waals surface area contributed by atoms with Crippen LogP contribution in [-0.2, 0) is 35.1 Å². The summed E-state index contributed by atoms with van der Waals surface area (Å²) in [6.45, 7) is 13.2. The van der Waals surface area contributed by atoms with Crippen molar-refractivity contribution in [2.24, 2.45) is 10.9 Å². The predicted molar refractivity (Wildman–Crippen MR) is 113 cm³/mol. The molecule has 0 saturated heterocycles. The van der Waals surface area contributed by atoms with Crippen molar-refractivity contribution >= 4 is 46.5 Å². The zero-order valence-corrected chi connectivity index (χ0v) is 20.0. The summed E-state index contributed by atoms with van der Waals surface area (Å²) in [5.74, 6) is -2.15. The van der Waals surface area contributed by atoms with Gasteiger partial charge in [0.15, 0.2) is 5.71 Å². The average molecular weight is 462 g/mol. The molecule has 1 rings (SSSR count). The average Bonchev–Trinajstić information content (AvgIpc) is 2.83. The van der Waals surface area contributed by atoms with Crippen molar-refractivity contribution in [2.45, 2.75) is 78.6 Å². The molecule has 2 N–H and O–H groups in total. The molecule has 168 valence electrons. The van der Waals surface area contributed by atoms with Crippen LogP contribution in [0.3, 0.4) is 0 Å². The number of oxime groups is 1. The molecule has 1 aromatic rings. The van der Waals surface area contributed by atoms with Crippen molar-refractivity contribution in [2.75, 3.05) is 0 Å². The third-order valence-corrected chi connectivity index (χ3v) is 4.31. The fraction of sp³-hybridized carbons (Fsp3) is 0.632. The number of ether oxygens (including phenoxy) is 2. The van der Waals surface area contributed by atoms with E-state index in [2.05, 4.69) is 10.1 Å². The molecule has 0 radical (unpaired) electrons. The molecule has 1 amide bonds. The Hall–Kier alpha value is -2.20. The fourth-order valence-electron chi connectivity index (χ4n) is 1.87. The highest BCUT2D eigenvalue weighted by molar-refractivity contribution is 7.16. The van der Waals surface area contributed by atoms with Gasteiger partial charge in [-0.3, -0.25) is 9.59 Å². The Labute approximate surface area is 184 Å². The number of rotatable bonds is 7. The molecule has 0 saturated carbocycles. The van der Waals surface area contributed by atoms with Crippen LogP contribution in [-0.4, -0.2) is 45.3 Å². The summed E-state index contributed by atoms with van der Waals surface area (Å²) in [6, 6.07) is 0. The summed E-state index contributed by atoms with van der Waals surface area (Å²) in [4.78, 5) is 45.6. The van der Waals surface area contributed by atoms with Gasteiger partial charge in [-0.1, -0.05) is 16.8 Å². The van der Waals surface area contributed by atoms with Crippen LogP contribution < -0.4 is 5.73 Å². The molecule has 0 bridgehead atoms. The first-order valence-corrected chi connectivity index (χ1v) is 10.3. The van der Waals surface area contributed by atoms with Gasteiger partial charge < -0.3 is 20.0 Å². The largest absolute Gasteiger partial charge is 0.460 e. The van der Waals surface area contributed by atoms with E-state index in [-0.39, 0.29) is 22.2 Å². The second kappa shape index (κ2) is 9.30. The van der Waals surface area contributed by atoms with E-state index in [1.807, 2.05) is 0 Å². The summed E-state index contributed by atoms with van der Waals surface area (Å²) >= 11 is 7.15. The molecular weight excluding hydrogens is 434 g/mol. The Morgan fingerprint density at radius 1 is 1.03 bits per heavy atom. The number of esters is 2. The smallest absolute Gasteiger partial charge is 0.353 e. The number of halogens is 1. The molecule has 0 atom stereocenters. The molecular formula is C19H28ClN3O6S. The van der Waals surface area contributed by atoms with Crippen molar-refractivity contribution < 1.29 is 28.7 Å². The van der Waals surface area contributed by atoms with Crippen molar-refractivity contribution in [3.63, 3.8) is 0 Å². The lowest BCUT2D eigenvalue weighted by Crippen LogP contribution is -2.40. The lowest BCUT2D eigenvalue weighted by molar-refractivity contribution is -0.179. The summed E-state index contributed by atoms with van der Waals surface area (Å²) < 4.78 is 10.6. The van der Waals surface area contributed by atoms with Gasteiger partial charge in [-0.05, 0) is 55.4 Å². The highest BCUT2D eigenvalue weighted by atomic mass is 35.5. The molecule has 11 heteroatoms. The minimum Gasteiger partial charge on any atom is -0.460 e. The summed E-state index contributed by atoms with van der Waals surface area (Å²) in [6.07, 6.45) is -0.141. The maximum absolute atomic E-state index is 12.3. The van der Waals surface area contributed by atoms with E-state index >= 15 is 0 Å². The van der Waals surface area contributed by atoms with Crippen LogP contribution in [0.1, 0.15) is 66.1 Å². The van der Waals surface area contributed by atoms with Gasteiger partial charge in [-0.2, -0.15) is 0 Å². The molecule has 0 aliphatic heterocycles. The van der Waals surface area contributed by atoms with Crippen LogP contribution in [0.4, 0.5) is 0 Å². The minimum atomic E-state index is -1.50. The van der Waals surface area contributed by atoms with Crippen LogP contribution in [0.5, 0.6) is 0 Å². The van der Waals surface area contributed by atoms with Gasteiger partial charge in [0.25, 0.3) is 5.91 Å². The van der Waals surface area contributed by atoms with Gasteiger partial charge in [0, 0.05) is 0 Å². The van der Waals surface area contributed by atoms with Crippen LogP contribution >= 0.6 is 22.9 Å². The highest BCUT2D eigenvalue weighted by Gasteiger charge is 2.36. The van der Waals surface area contributed by atoms with Crippen molar-refractivity contribution in [3.8, 4) is 0 Å². The third-order valence-electron chi connectivity index (χ3n) is 3.06. The van der Waals surface area contributed by atoms with Gasteiger partial charge in [0.05, 0.1) is 6.42 Å². The number of primary amides is 1. The Morgan fingerprint density at radius 3 is 2.03 bits per heavy atom. The van der Waals surface area contributed by atoms with E-state index in [4.69, 9.17) is 31.6 Å². The van der Waals surface area contributed by atoms with Crippen LogP contribution in [0.2, 0.25) is 4.34 Å². The van der Waals surface area contributed by atoms with E-state index in [1.54, 1.807) is 41.5 Å². The second-order valence-corrected chi connectivity index (χ2v) is 10.6. The maximum atomic E-state index is 12.3. The molecule has 30 heavy (non-hydrogen) atoms. The molecule has 0 fully saturated rings. The number of nitrogens with two attached hydrogens (primary N) is 1. The lowest BCUT2D eigenvalue weighted by atomic mass is 10.1. The Balaban J connectivity index is 3.08. The molecule has 0 aromatic carbocycles. The first-order valence-electron chi connectivity index (χ1n) is 9.08. The number of aromatic nitrogens is 1. The second-order valence-electron chi connectivity index (χ2n) is 8.90. The van der Waals surface area contributed by atoms with Gasteiger partial charge in [-0.15, -0.1) is 11.3 Å². The zero-order valence-electron chi connectivity index (χ0n) is 18.4. The van der Waals surface area contributed by atoms with Gasteiger partial charge >= 0.3 is 11.9 Å². The molecule has 9 nitrogen and oxygen atoms in total. The Kier molecular flexibility index (Phi) is 8.01. The van der Waals surface area contributed by atoms with Crippen LogP contribution in [0.15, 0.2) is 5.16 Å². The monoisotopic (exact) mass is 461 g/mol. The van der Waals surface area contributed by atoms with Crippen LogP contribution in [0.25, 0.3) is 0 Å². The number of hydrogen-bond acceptors (Lipinski definition) is 9. The first-order chi connectivity index (χ1) is 13.4. The van der Waals surface area contributed by atoms with E-state index in [0.29, 0.717) is 5.01 Å². The van der Waals surface area contributed by atoms with E-state index < -0.39 is 34.6 Å². The number of nitrogens with zero attached hydrogens (tertiary/aromatic N) is 2. The molecule has 0 aliphatic carbocycles. The molecule has 1 heterocycles. The highest BCUT2D eigenvalue weighted by Crippen LogP contribution is 2.27. The van der Waals surface area contributed by atoms with Gasteiger partial charge in [0.2, 0.25) is 5.60 Å². The molecule has 0 spiro atoms. The number of thiazole rings is 1. The fourth-order valence-corrected chi connectivity index (χ4v) is 3.04. The van der Waals surface area contributed by atoms with Crippen LogP contribution in [0, 0.1) is 0 Å². The standard InChI is InChI=1S/C19H28ClN3O6S/c1-17(2,3)27-11(24)9-10-22-12(14(20)30-10)13(15(21)25)23-29-19(7,8)16(26)28-18(4,5)6/h9H2,1-8H3,(H2,21,25)/b23-13-. The van der Waals surface area contributed by atoms with Crippen molar-refractivity contribution in [3.05, 3.63) is 15.0 Å². The Morgan fingerprint density at radius 2 is 1.57 bits per heavy atom. The third kappa shape index (κ3) is 8.27. The first kappa shape index (κ1) is 25.8. The Bertz CT molecular complexity index is 849. The summed E-state index contributed by atoms with van der Waals surface area (Å²) in [5, 5.41) is 4.02. The van der Waals surface area contributed by atoms with E-state index in [1.165, 1.54) is 13.8 Å². The van der Waals surface area contributed by atoms with Crippen molar-refractivity contribution in [1.82, 2.24) is 4.98 Å². The van der Waals surface area contributed by atoms with Crippen molar-refractivity contribution in [1.29, 1.82) is 0 Å². The number of amides is 1. The molecule has 0 unspecified atom stereocenters.